The number of ether oxygens (including phenoxy) is 1. The van der Waals surface area contributed by atoms with Crippen molar-refractivity contribution in [1.82, 2.24) is 0 Å². The van der Waals surface area contributed by atoms with E-state index in [0.29, 0.717) is 6.61 Å². The van der Waals surface area contributed by atoms with Crippen LogP contribution >= 0.6 is 0 Å². The maximum absolute atomic E-state index is 9.82. The quantitative estimate of drug-likeness (QED) is 0.498. The van der Waals surface area contributed by atoms with Gasteiger partial charge in [-0.25, -0.2) is 0 Å². The second-order valence-electron chi connectivity index (χ2n) is 2.63. The Labute approximate surface area is 83.7 Å². The van der Waals surface area contributed by atoms with Crippen LogP contribution in [0.5, 0.6) is 0 Å². The molecule has 2 heteroatoms. The van der Waals surface area contributed by atoms with E-state index in [0.717, 1.165) is 0 Å². The average Bonchev–Trinajstić information content (AvgIpc) is 2.02. The zero-order valence-electron chi connectivity index (χ0n) is 9.56. The van der Waals surface area contributed by atoms with Gasteiger partial charge in [0.2, 0.25) is 0 Å². The fourth-order valence-electron chi connectivity index (χ4n) is 0.703. The lowest BCUT2D eigenvalue weighted by molar-refractivity contribution is -0.140. The normalized spacial score (nSPS) is 7.69. The molecular weight excluding hydrogens is 164 g/mol. The van der Waals surface area contributed by atoms with Gasteiger partial charge in [-0.15, -0.1) is 0 Å². The van der Waals surface area contributed by atoms with Crippen LogP contribution in [-0.2, 0) is 9.53 Å². The topological polar surface area (TPSA) is 26.3 Å². The molecule has 0 spiro atoms. The van der Waals surface area contributed by atoms with Gasteiger partial charge in [-0.3, -0.25) is 4.79 Å². The molecule has 0 amide bonds. The monoisotopic (exact) mass is 188 g/mol. The number of unbranched alkanes of at least 4 members (excludes halogenated alkanes) is 3. The van der Waals surface area contributed by atoms with Crippen molar-refractivity contribution in [2.45, 2.75) is 53.4 Å². The highest BCUT2D eigenvalue weighted by Gasteiger charge is 1.81. The summed E-state index contributed by atoms with van der Waals surface area (Å²) in [5, 5.41) is 0. The lowest BCUT2D eigenvalue weighted by Crippen LogP contribution is -1.95. The molecule has 0 bridgehead atoms. The molecule has 0 aromatic heterocycles. The maximum Gasteiger partial charge on any atom is 0.302 e. The minimum absolute atomic E-state index is 0. The van der Waals surface area contributed by atoms with Crippen molar-refractivity contribution in [2.24, 2.45) is 0 Å². The molecule has 0 aromatic rings. The third-order valence-electron chi connectivity index (χ3n) is 1.30. The lowest BCUT2D eigenvalue weighted by Gasteiger charge is -1.89. The van der Waals surface area contributed by atoms with Gasteiger partial charge in [-0.1, -0.05) is 47.0 Å². The van der Waals surface area contributed by atoms with E-state index < -0.39 is 0 Å². The second kappa shape index (κ2) is 17.5. The first-order chi connectivity index (χ1) is 5.68. The second-order valence-corrected chi connectivity index (χ2v) is 2.63. The first-order valence-corrected chi connectivity index (χ1v) is 4.82. The van der Waals surface area contributed by atoms with Gasteiger partial charge >= 0.3 is 5.97 Å². The molecule has 0 unspecified atom stereocenters. The number of rotatable bonds is 4. The molecule has 0 heterocycles. The fraction of sp³-hybridized carbons (Fsp3) is 0.818. The van der Waals surface area contributed by atoms with Crippen molar-refractivity contribution >= 4 is 5.97 Å². The molecule has 0 aromatic carbocycles. The molecule has 13 heavy (non-hydrogen) atoms. The van der Waals surface area contributed by atoms with Crippen molar-refractivity contribution in [2.75, 3.05) is 6.61 Å². The molecule has 0 rings (SSSR count). The molecule has 0 fully saturated rings. The smallest absolute Gasteiger partial charge is 0.302 e. The molecule has 80 valence electrons. The van der Waals surface area contributed by atoms with Gasteiger partial charge in [0.1, 0.15) is 0 Å². The summed E-state index contributed by atoms with van der Waals surface area (Å²) >= 11 is 0. The fourth-order valence-corrected chi connectivity index (χ4v) is 0.703. The summed E-state index contributed by atoms with van der Waals surface area (Å²) in [6, 6.07) is 0. The van der Waals surface area contributed by atoms with Crippen molar-refractivity contribution in [3.05, 3.63) is 7.43 Å². The van der Waals surface area contributed by atoms with Crippen LogP contribution in [0.15, 0.2) is 0 Å². The lowest BCUT2D eigenvalue weighted by atomic mass is 10.2. The molecule has 2 nitrogen and oxygen atoms in total. The van der Waals surface area contributed by atoms with Crippen molar-refractivity contribution in [3.63, 3.8) is 0 Å². The van der Waals surface area contributed by atoms with Gasteiger partial charge in [0.25, 0.3) is 0 Å². The predicted octanol–water partition coefficient (Wildman–Crippen LogP) is 3.48. The van der Waals surface area contributed by atoms with Crippen LogP contribution in [0.25, 0.3) is 0 Å². The minimum Gasteiger partial charge on any atom is -0.466 e. The largest absolute Gasteiger partial charge is 0.466 e. The van der Waals surface area contributed by atoms with Crippen molar-refractivity contribution < 1.29 is 9.53 Å². The highest BCUT2D eigenvalue weighted by Crippen LogP contribution is 1.95. The van der Waals surface area contributed by atoms with Gasteiger partial charge < -0.3 is 4.74 Å². The average molecular weight is 188 g/mol. The van der Waals surface area contributed by atoms with Crippen LogP contribution < -0.4 is 0 Å². The number of carbonyl (C=O) groups excluding carboxylic acids is 1. The highest BCUT2D eigenvalue weighted by molar-refractivity contribution is 5.65. The Morgan fingerprint density at radius 1 is 1.08 bits per heavy atom. The summed E-state index contributed by atoms with van der Waals surface area (Å²) in [4.78, 5) is 9.82. The van der Waals surface area contributed by atoms with Crippen LogP contribution in [-0.4, -0.2) is 12.6 Å². The van der Waals surface area contributed by atoms with Crippen LogP contribution in [0.4, 0.5) is 0 Å². The number of hydrogen-bond donors (Lipinski definition) is 0. The Kier molecular flexibility index (Phi) is 24.7. The maximum atomic E-state index is 9.82. The SMILES string of the molecule is CCCCCC.CCOC(C)=O.[CH2]. The van der Waals surface area contributed by atoms with Crippen molar-refractivity contribution in [3.8, 4) is 0 Å². The van der Waals surface area contributed by atoms with Gasteiger partial charge in [-0.05, 0) is 6.92 Å². The Balaban J connectivity index is -0.000000143. The molecule has 0 aliphatic carbocycles. The van der Waals surface area contributed by atoms with E-state index in [4.69, 9.17) is 0 Å². The molecule has 0 saturated carbocycles. The summed E-state index contributed by atoms with van der Waals surface area (Å²) in [6.07, 6.45) is 5.54. The first-order valence-electron chi connectivity index (χ1n) is 4.82. The van der Waals surface area contributed by atoms with Crippen LogP contribution in [0, 0.1) is 7.43 Å². The molecule has 0 N–H and O–H groups in total. The Bertz CT molecular complexity index is 86.1. The zero-order chi connectivity index (χ0) is 9.82. The standard InChI is InChI=1S/C6H14.C4H8O2.CH2/c1-3-5-6-4-2;1-3-6-4(2)5;/h3-6H2,1-2H3;3H2,1-2H3;1H2. The van der Waals surface area contributed by atoms with Gasteiger partial charge in [0, 0.05) is 6.92 Å². The molecule has 2 radical (unpaired) electrons. The Morgan fingerprint density at radius 3 is 1.54 bits per heavy atom. The van der Waals surface area contributed by atoms with Crippen LogP contribution in [0.3, 0.4) is 0 Å². The molecule has 0 atom stereocenters. The van der Waals surface area contributed by atoms with Crippen molar-refractivity contribution in [1.29, 1.82) is 0 Å². The Morgan fingerprint density at radius 2 is 1.46 bits per heavy atom. The zero-order valence-corrected chi connectivity index (χ0v) is 9.56. The van der Waals surface area contributed by atoms with Crippen LogP contribution in [0.2, 0.25) is 0 Å². The number of carbonyl (C=O) groups is 1. The molecule has 0 saturated heterocycles. The van der Waals surface area contributed by atoms with Gasteiger partial charge in [0.05, 0.1) is 6.61 Å². The van der Waals surface area contributed by atoms with E-state index in [2.05, 4.69) is 18.6 Å². The summed E-state index contributed by atoms with van der Waals surface area (Å²) in [6.45, 7) is 8.12. The number of hydrogen-bond acceptors (Lipinski definition) is 2. The molecule has 0 aliphatic rings. The van der Waals surface area contributed by atoms with E-state index in [1.807, 2.05) is 0 Å². The molecule has 0 aliphatic heterocycles. The summed E-state index contributed by atoms with van der Waals surface area (Å²) < 4.78 is 4.40. The van der Waals surface area contributed by atoms with Gasteiger partial charge in [-0.2, -0.15) is 0 Å². The summed E-state index contributed by atoms with van der Waals surface area (Å²) in [5.41, 5.74) is 0. The van der Waals surface area contributed by atoms with E-state index in [-0.39, 0.29) is 13.4 Å². The van der Waals surface area contributed by atoms with Gasteiger partial charge in [0.15, 0.2) is 0 Å². The third-order valence-corrected chi connectivity index (χ3v) is 1.30. The minimum atomic E-state index is -0.211. The van der Waals surface area contributed by atoms with E-state index in [1.165, 1.54) is 32.6 Å². The van der Waals surface area contributed by atoms with E-state index >= 15 is 0 Å². The molecular formula is C11H24O2. The van der Waals surface area contributed by atoms with Crippen LogP contribution in [0.1, 0.15) is 53.4 Å². The summed E-state index contributed by atoms with van der Waals surface area (Å²) in [7, 11) is 0. The first kappa shape index (κ1) is 18.3. The van der Waals surface area contributed by atoms with E-state index in [9.17, 15) is 4.79 Å². The number of esters is 1. The van der Waals surface area contributed by atoms with E-state index in [1.54, 1.807) is 6.92 Å². The Hall–Kier alpha value is -0.530. The predicted molar refractivity (Wildman–Crippen MR) is 57.5 cm³/mol. The summed E-state index contributed by atoms with van der Waals surface area (Å²) in [5.74, 6) is -0.211. The third kappa shape index (κ3) is 34.4. The highest BCUT2D eigenvalue weighted by atomic mass is 16.5.